The van der Waals surface area contributed by atoms with E-state index < -0.39 is 0 Å². The van der Waals surface area contributed by atoms with Gasteiger partial charge in [-0.1, -0.05) is 6.92 Å². The Balaban J connectivity index is 2.12. The Morgan fingerprint density at radius 3 is 2.82 bits per heavy atom. The minimum atomic E-state index is 0.119. The van der Waals surface area contributed by atoms with Crippen LogP contribution in [0.25, 0.3) is 0 Å². The highest BCUT2D eigenvalue weighted by Gasteiger charge is 2.22. The van der Waals surface area contributed by atoms with Crippen LogP contribution >= 0.6 is 0 Å². The zero-order valence-corrected chi connectivity index (χ0v) is 11.3. The first-order chi connectivity index (χ1) is 8.27. The second kappa shape index (κ2) is 8.86. The summed E-state index contributed by atoms with van der Waals surface area (Å²) in [6.45, 7) is 5.10. The molecule has 0 N–H and O–H groups in total. The molecular formula is C13H26O4. The third kappa shape index (κ3) is 5.82. The predicted octanol–water partition coefficient (Wildman–Crippen LogP) is 1.87. The summed E-state index contributed by atoms with van der Waals surface area (Å²) in [6, 6.07) is 0. The fourth-order valence-corrected chi connectivity index (χ4v) is 2.04. The van der Waals surface area contributed by atoms with Gasteiger partial charge >= 0.3 is 0 Å². The molecule has 0 aromatic carbocycles. The molecule has 1 rings (SSSR count). The summed E-state index contributed by atoms with van der Waals surface area (Å²) in [5.41, 5.74) is 0. The molecule has 1 aliphatic heterocycles. The largest absolute Gasteiger partial charge is 0.385 e. The van der Waals surface area contributed by atoms with Crippen LogP contribution in [0.5, 0.6) is 0 Å². The second-order valence-corrected chi connectivity index (χ2v) is 4.71. The molecule has 17 heavy (non-hydrogen) atoms. The lowest BCUT2D eigenvalue weighted by atomic mass is 9.97. The summed E-state index contributed by atoms with van der Waals surface area (Å²) >= 11 is 0. The van der Waals surface area contributed by atoms with Crippen LogP contribution in [0, 0.1) is 5.92 Å². The summed E-state index contributed by atoms with van der Waals surface area (Å²) < 4.78 is 21.7. The first kappa shape index (κ1) is 14.9. The van der Waals surface area contributed by atoms with Crippen LogP contribution in [-0.4, -0.2) is 52.9 Å². The second-order valence-electron chi connectivity index (χ2n) is 4.71. The molecule has 0 aliphatic carbocycles. The SMILES string of the molecule is COCCC(COC[C@H]1OCCC[C@@H]1C)OC. The lowest BCUT2D eigenvalue weighted by Gasteiger charge is -2.29. The molecule has 1 fully saturated rings. The van der Waals surface area contributed by atoms with Crippen molar-refractivity contribution in [3.8, 4) is 0 Å². The van der Waals surface area contributed by atoms with E-state index in [1.807, 2.05) is 0 Å². The van der Waals surface area contributed by atoms with Gasteiger partial charge in [-0.25, -0.2) is 0 Å². The molecule has 102 valence electrons. The Bertz CT molecular complexity index is 186. The maximum atomic E-state index is 5.70. The summed E-state index contributed by atoms with van der Waals surface area (Å²) in [4.78, 5) is 0. The van der Waals surface area contributed by atoms with E-state index in [-0.39, 0.29) is 12.2 Å². The van der Waals surface area contributed by atoms with Crippen LogP contribution < -0.4 is 0 Å². The number of hydrogen-bond acceptors (Lipinski definition) is 4. The molecule has 4 heteroatoms. The van der Waals surface area contributed by atoms with Crippen molar-refractivity contribution in [2.24, 2.45) is 5.92 Å². The van der Waals surface area contributed by atoms with Gasteiger partial charge in [0.15, 0.2) is 0 Å². The monoisotopic (exact) mass is 246 g/mol. The zero-order valence-electron chi connectivity index (χ0n) is 11.3. The van der Waals surface area contributed by atoms with Gasteiger partial charge in [-0.15, -0.1) is 0 Å². The highest BCUT2D eigenvalue weighted by molar-refractivity contribution is 4.70. The average Bonchev–Trinajstić information content (AvgIpc) is 2.35. The predicted molar refractivity (Wildman–Crippen MR) is 66.2 cm³/mol. The molecule has 0 radical (unpaired) electrons. The van der Waals surface area contributed by atoms with Crippen molar-refractivity contribution >= 4 is 0 Å². The molecule has 1 unspecified atom stereocenters. The summed E-state index contributed by atoms with van der Waals surface area (Å²) in [5.74, 6) is 0.601. The lowest BCUT2D eigenvalue weighted by molar-refractivity contribution is -0.0861. The highest BCUT2D eigenvalue weighted by Crippen LogP contribution is 2.20. The van der Waals surface area contributed by atoms with Crippen molar-refractivity contribution in [2.45, 2.75) is 38.4 Å². The third-order valence-corrected chi connectivity index (χ3v) is 3.33. The average molecular weight is 246 g/mol. The highest BCUT2D eigenvalue weighted by atomic mass is 16.6. The third-order valence-electron chi connectivity index (χ3n) is 3.33. The molecule has 0 bridgehead atoms. The minimum absolute atomic E-state index is 0.119. The lowest BCUT2D eigenvalue weighted by Crippen LogP contribution is -2.33. The number of ether oxygens (including phenoxy) is 4. The van der Waals surface area contributed by atoms with E-state index in [0.717, 1.165) is 13.0 Å². The van der Waals surface area contributed by atoms with Gasteiger partial charge in [-0.3, -0.25) is 0 Å². The van der Waals surface area contributed by atoms with Crippen LogP contribution in [0.1, 0.15) is 26.2 Å². The Hall–Kier alpha value is -0.160. The number of methoxy groups -OCH3 is 2. The van der Waals surface area contributed by atoms with Crippen molar-refractivity contribution in [2.75, 3.05) is 40.6 Å². The van der Waals surface area contributed by atoms with Crippen LogP contribution in [0.2, 0.25) is 0 Å². The Morgan fingerprint density at radius 1 is 1.35 bits per heavy atom. The van der Waals surface area contributed by atoms with E-state index >= 15 is 0 Å². The van der Waals surface area contributed by atoms with Crippen LogP contribution in [0.3, 0.4) is 0 Å². The molecule has 1 saturated heterocycles. The van der Waals surface area contributed by atoms with Gasteiger partial charge in [0.25, 0.3) is 0 Å². The quantitative estimate of drug-likeness (QED) is 0.655. The summed E-state index contributed by atoms with van der Waals surface area (Å²) in [5, 5.41) is 0. The van der Waals surface area contributed by atoms with Crippen molar-refractivity contribution in [1.82, 2.24) is 0 Å². The van der Waals surface area contributed by atoms with Gasteiger partial charge in [0.05, 0.1) is 25.4 Å². The van der Waals surface area contributed by atoms with Crippen LogP contribution in [-0.2, 0) is 18.9 Å². The van der Waals surface area contributed by atoms with Crippen molar-refractivity contribution in [3.05, 3.63) is 0 Å². The van der Waals surface area contributed by atoms with Gasteiger partial charge in [0.2, 0.25) is 0 Å². The molecule has 0 amide bonds. The van der Waals surface area contributed by atoms with Gasteiger partial charge in [-0.2, -0.15) is 0 Å². The molecule has 0 spiro atoms. The molecule has 0 saturated carbocycles. The zero-order chi connectivity index (χ0) is 12.5. The Labute approximate surface area is 105 Å². The van der Waals surface area contributed by atoms with Crippen LogP contribution in [0.15, 0.2) is 0 Å². The molecule has 1 aliphatic rings. The smallest absolute Gasteiger partial charge is 0.0833 e. The topological polar surface area (TPSA) is 36.9 Å². The van der Waals surface area contributed by atoms with E-state index in [0.29, 0.717) is 25.7 Å². The first-order valence-electron chi connectivity index (χ1n) is 6.49. The Kier molecular flexibility index (Phi) is 7.77. The maximum Gasteiger partial charge on any atom is 0.0833 e. The number of rotatable bonds is 8. The van der Waals surface area contributed by atoms with Gasteiger partial charge < -0.3 is 18.9 Å². The van der Waals surface area contributed by atoms with E-state index in [1.54, 1.807) is 14.2 Å². The van der Waals surface area contributed by atoms with E-state index in [9.17, 15) is 0 Å². The maximum absolute atomic E-state index is 5.70. The standard InChI is InChI=1S/C13H26O4/c1-11-5-4-7-17-13(11)10-16-9-12(15-3)6-8-14-2/h11-13H,4-10H2,1-3H3/t11-,12?,13+/m0/s1. The normalized spacial score (nSPS) is 27.0. The summed E-state index contributed by atoms with van der Waals surface area (Å²) in [6.07, 6.45) is 3.66. The molecule has 0 aromatic rings. The Morgan fingerprint density at radius 2 is 2.18 bits per heavy atom. The fourth-order valence-electron chi connectivity index (χ4n) is 2.04. The van der Waals surface area contributed by atoms with Gasteiger partial charge in [0, 0.05) is 27.4 Å². The van der Waals surface area contributed by atoms with Gasteiger partial charge in [-0.05, 0) is 25.2 Å². The minimum Gasteiger partial charge on any atom is -0.385 e. The first-order valence-corrected chi connectivity index (χ1v) is 6.49. The van der Waals surface area contributed by atoms with E-state index in [2.05, 4.69) is 6.92 Å². The number of hydrogen-bond donors (Lipinski definition) is 0. The van der Waals surface area contributed by atoms with Crippen molar-refractivity contribution in [1.29, 1.82) is 0 Å². The van der Waals surface area contributed by atoms with Gasteiger partial charge in [0.1, 0.15) is 0 Å². The summed E-state index contributed by atoms with van der Waals surface area (Å²) in [7, 11) is 3.41. The molecule has 1 heterocycles. The van der Waals surface area contributed by atoms with E-state index in [4.69, 9.17) is 18.9 Å². The van der Waals surface area contributed by atoms with E-state index in [1.165, 1.54) is 12.8 Å². The fraction of sp³-hybridized carbons (Fsp3) is 1.00. The van der Waals surface area contributed by atoms with Crippen molar-refractivity contribution in [3.63, 3.8) is 0 Å². The molecule has 3 atom stereocenters. The van der Waals surface area contributed by atoms with Crippen molar-refractivity contribution < 1.29 is 18.9 Å². The molecule has 0 aromatic heterocycles. The molecule has 4 nitrogen and oxygen atoms in total. The van der Waals surface area contributed by atoms with Crippen LogP contribution in [0.4, 0.5) is 0 Å². The molecular weight excluding hydrogens is 220 g/mol.